The highest BCUT2D eigenvalue weighted by Gasteiger charge is 2.23. The van der Waals surface area contributed by atoms with E-state index in [-0.39, 0.29) is 11.6 Å². The van der Waals surface area contributed by atoms with Gasteiger partial charge in [0.25, 0.3) is 5.91 Å². The van der Waals surface area contributed by atoms with Crippen molar-refractivity contribution in [3.63, 3.8) is 0 Å². The van der Waals surface area contributed by atoms with E-state index in [0.29, 0.717) is 17.3 Å². The molecule has 1 N–H and O–H groups in total. The molecular weight excluding hydrogens is 362 g/mol. The summed E-state index contributed by atoms with van der Waals surface area (Å²) in [6.45, 7) is 4.66. The Bertz CT molecular complexity index is 923. The molecule has 3 rings (SSSR count). The number of rotatable bonds is 7. The smallest absolute Gasteiger partial charge is 0.274 e. The molecular formula is C20H22ClN5O. The molecule has 0 saturated heterocycles. The second kappa shape index (κ2) is 8.77. The van der Waals surface area contributed by atoms with Crippen molar-refractivity contribution in [1.29, 1.82) is 0 Å². The lowest BCUT2D eigenvalue weighted by Gasteiger charge is -2.11. The Kier molecular flexibility index (Phi) is 6.19. The van der Waals surface area contributed by atoms with E-state index in [0.717, 1.165) is 36.1 Å². The number of pyridine rings is 1. The van der Waals surface area contributed by atoms with Gasteiger partial charge in [-0.3, -0.25) is 9.78 Å². The molecule has 0 aliphatic heterocycles. The number of nitrogens with one attached hydrogen (secondary N) is 1. The lowest BCUT2D eigenvalue weighted by molar-refractivity contribution is 0.0948. The van der Waals surface area contributed by atoms with Crippen LogP contribution in [0.1, 0.15) is 42.2 Å². The zero-order valence-corrected chi connectivity index (χ0v) is 16.2. The number of carbonyl (C=O) groups is 1. The monoisotopic (exact) mass is 383 g/mol. The van der Waals surface area contributed by atoms with Crippen LogP contribution in [-0.2, 0) is 0 Å². The van der Waals surface area contributed by atoms with Gasteiger partial charge in [0.15, 0.2) is 5.69 Å². The Morgan fingerprint density at radius 3 is 2.70 bits per heavy atom. The maximum Gasteiger partial charge on any atom is 0.274 e. The molecule has 0 radical (unpaired) electrons. The third kappa shape index (κ3) is 4.17. The zero-order valence-electron chi connectivity index (χ0n) is 15.4. The molecule has 7 heteroatoms. The van der Waals surface area contributed by atoms with Gasteiger partial charge in [-0.05, 0) is 43.2 Å². The Labute approximate surface area is 163 Å². The van der Waals surface area contributed by atoms with Gasteiger partial charge in [0.05, 0.1) is 5.69 Å². The summed E-state index contributed by atoms with van der Waals surface area (Å²) in [5.74, 6) is -0.233. The molecule has 1 amide bonds. The Morgan fingerprint density at radius 1 is 1.19 bits per heavy atom. The third-order valence-corrected chi connectivity index (χ3v) is 4.78. The fourth-order valence-electron chi connectivity index (χ4n) is 2.86. The fraction of sp³-hybridized carbons (Fsp3) is 0.300. The van der Waals surface area contributed by atoms with Crippen molar-refractivity contribution in [2.75, 3.05) is 6.54 Å². The minimum atomic E-state index is -0.233. The molecule has 0 saturated carbocycles. The number of nitrogens with zero attached hydrogens (tertiary/aromatic N) is 4. The van der Waals surface area contributed by atoms with E-state index < -0.39 is 0 Å². The summed E-state index contributed by atoms with van der Waals surface area (Å²) in [5.41, 5.74) is 3.38. The van der Waals surface area contributed by atoms with E-state index >= 15 is 0 Å². The van der Waals surface area contributed by atoms with Gasteiger partial charge in [0.1, 0.15) is 5.69 Å². The standard InChI is InChI=1S/C20H22ClN5O/c1-3-4-5-11-23-20(27)18-19(15-9-12-22-13-10-15)26(25-24-18)17-8-6-7-16(21)14(17)2/h6-10,12-13H,3-5,11H2,1-2H3,(H,23,27). The van der Waals surface area contributed by atoms with Crippen molar-refractivity contribution in [3.05, 3.63) is 59.0 Å². The van der Waals surface area contributed by atoms with Crippen molar-refractivity contribution in [3.8, 4) is 16.9 Å². The van der Waals surface area contributed by atoms with Gasteiger partial charge in [-0.2, -0.15) is 0 Å². The Balaban J connectivity index is 2.04. The fourth-order valence-corrected chi connectivity index (χ4v) is 3.03. The molecule has 0 bridgehead atoms. The maximum absolute atomic E-state index is 12.7. The van der Waals surface area contributed by atoms with Crippen molar-refractivity contribution in [1.82, 2.24) is 25.3 Å². The normalized spacial score (nSPS) is 10.8. The number of unbranched alkanes of at least 4 members (excludes halogenated alkanes) is 2. The van der Waals surface area contributed by atoms with E-state index in [1.807, 2.05) is 37.3 Å². The van der Waals surface area contributed by atoms with Gasteiger partial charge in [-0.25, -0.2) is 4.68 Å². The van der Waals surface area contributed by atoms with Gasteiger partial charge in [0, 0.05) is 29.5 Å². The molecule has 3 aromatic rings. The second-order valence-electron chi connectivity index (χ2n) is 6.28. The number of hydrogen-bond donors (Lipinski definition) is 1. The van der Waals surface area contributed by atoms with Gasteiger partial charge < -0.3 is 5.32 Å². The van der Waals surface area contributed by atoms with Crippen LogP contribution in [0.4, 0.5) is 0 Å². The van der Waals surface area contributed by atoms with Crippen molar-refractivity contribution < 1.29 is 4.79 Å². The molecule has 0 unspecified atom stereocenters. The van der Waals surface area contributed by atoms with Crippen LogP contribution in [-0.4, -0.2) is 32.4 Å². The minimum Gasteiger partial charge on any atom is -0.351 e. The van der Waals surface area contributed by atoms with Crippen LogP contribution in [0.25, 0.3) is 16.9 Å². The first-order chi connectivity index (χ1) is 13.1. The SMILES string of the molecule is CCCCCNC(=O)c1nnn(-c2cccc(Cl)c2C)c1-c1ccncc1. The van der Waals surface area contributed by atoms with Crippen molar-refractivity contribution >= 4 is 17.5 Å². The van der Waals surface area contributed by atoms with Gasteiger partial charge in [-0.15, -0.1) is 5.10 Å². The predicted molar refractivity (Wildman–Crippen MR) is 106 cm³/mol. The Morgan fingerprint density at radius 2 is 1.96 bits per heavy atom. The van der Waals surface area contributed by atoms with Crippen LogP contribution < -0.4 is 5.32 Å². The maximum atomic E-state index is 12.7. The summed E-state index contributed by atoms with van der Waals surface area (Å²) in [6, 6.07) is 9.26. The largest absolute Gasteiger partial charge is 0.351 e. The van der Waals surface area contributed by atoms with Crippen LogP contribution in [0, 0.1) is 6.92 Å². The van der Waals surface area contributed by atoms with E-state index in [9.17, 15) is 4.79 Å². The van der Waals surface area contributed by atoms with Crippen molar-refractivity contribution in [2.45, 2.75) is 33.1 Å². The second-order valence-corrected chi connectivity index (χ2v) is 6.69. The van der Waals surface area contributed by atoms with E-state index in [4.69, 9.17) is 11.6 Å². The molecule has 140 valence electrons. The number of carbonyl (C=O) groups excluding carboxylic acids is 1. The summed E-state index contributed by atoms with van der Waals surface area (Å²) in [4.78, 5) is 16.8. The van der Waals surface area contributed by atoms with E-state index in [2.05, 4.69) is 27.5 Å². The first-order valence-corrected chi connectivity index (χ1v) is 9.41. The minimum absolute atomic E-state index is 0.233. The average Bonchev–Trinajstić information content (AvgIpc) is 3.13. The molecule has 0 aliphatic carbocycles. The molecule has 0 fully saturated rings. The van der Waals surface area contributed by atoms with Gasteiger partial charge >= 0.3 is 0 Å². The quantitative estimate of drug-likeness (QED) is 0.620. The van der Waals surface area contributed by atoms with Crippen LogP contribution in [0.3, 0.4) is 0 Å². The molecule has 27 heavy (non-hydrogen) atoms. The number of hydrogen-bond acceptors (Lipinski definition) is 4. The molecule has 6 nitrogen and oxygen atoms in total. The van der Waals surface area contributed by atoms with Gasteiger partial charge in [-0.1, -0.05) is 42.6 Å². The number of halogens is 1. The molecule has 0 aliphatic rings. The topological polar surface area (TPSA) is 72.7 Å². The summed E-state index contributed by atoms with van der Waals surface area (Å²) < 4.78 is 1.66. The predicted octanol–water partition coefficient (Wildman–Crippen LogP) is 4.21. The lowest BCUT2D eigenvalue weighted by Crippen LogP contribution is -2.25. The van der Waals surface area contributed by atoms with Crippen LogP contribution in [0.5, 0.6) is 0 Å². The first-order valence-electron chi connectivity index (χ1n) is 9.03. The number of benzene rings is 1. The molecule has 2 heterocycles. The molecule has 0 atom stereocenters. The van der Waals surface area contributed by atoms with Crippen LogP contribution in [0.2, 0.25) is 5.02 Å². The number of amides is 1. The van der Waals surface area contributed by atoms with Gasteiger partial charge in [0.2, 0.25) is 0 Å². The average molecular weight is 384 g/mol. The summed E-state index contributed by atoms with van der Waals surface area (Å²) in [5, 5.41) is 12.0. The summed E-state index contributed by atoms with van der Waals surface area (Å²) in [6.07, 6.45) is 6.48. The highest BCUT2D eigenvalue weighted by molar-refractivity contribution is 6.31. The highest BCUT2D eigenvalue weighted by Crippen LogP contribution is 2.28. The third-order valence-electron chi connectivity index (χ3n) is 4.37. The summed E-state index contributed by atoms with van der Waals surface area (Å²) in [7, 11) is 0. The van der Waals surface area contributed by atoms with Crippen LogP contribution in [0.15, 0.2) is 42.7 Å². The van der Waals surface area contributed by atoms with Crippen LogP contribution >= 0.6 is 11.6 Å². The lowest BCUT2D eigenvalue weighted by atomic mass is 10.1. The highest BCUT2D eigenvalue weighted by atomic mass is 35.5. The molecule has 1 aromatic carbocycles. The summed E-state index contributed by atoms with van der Waals surface area (Å²) >= 11 is 6.28. The Hall–Kier alpha value is -2.73. The van der Waals surface area contributed by atoms with E-state index in [1.54, 1.807) is 17.1 Å². The number of aromatic nitrogens is 4. The van der Waals surface area contributed by atoms with E-state index in [1.165, 1.54) is 0 Å². The zero-order chi connectivity index (χ0) is 19.2. The first kappa shape index (κ1) is 19.0. The molecule has 2 aromatic heterocycles. The molecule has 0 spiro atoms. The van der Waals surface area contributed by atoms with Crippen molar-refractivity contribution in [2.24, 2.45) is 0 Å².